The molecule has 8 heteroatoms. The predicted octanol–water partition coefficient (Wildman–Crippen LogP) is 0.0883. The molecule has 1 saturated heterocycles. The fourth-order valence-corrected chi connectivity index (χ4v) is 2.95. The van der Waals surface area contributed by atoms with Gasteiger partial charge in [0, 0.05) is 31.0 Å². The van der Waals surface area contributed by atoms with Crippen molar-refractivity contribution in [3.05, 3.63) is 12.7 Å². The first kappa shape index (κ1) is 19.5. The predicted molar refractivity (Wildman–Crippen MR) is 91.6 cm³/mol. The number of carbonyl (C=O) groups excluding carboxylic acids is 3. The molecule has 2 unspecified atom stereocenters. The van der Waals surface area contributed by atoms with Gasteiger partial charge in [-0.15, -0.1) is 18.3 Å². The highest BCUT2D eigenvalue weighted by Crippen LogP contribution is 2.14. The topological polar surface area (TPSA) is 99.3 Å². The van der Waals surface area contributed by atoms with Gasteiger partial charge in [0.2, 0.25) is 17.7 Å². The second-order valence-electron chi connectivity index (χ2n) is 6.42. The third-order valence-corrected chi connectivity index (χ3v) is 3.90. The van der Waals surface area contributed by atoms with Gasteiger partial charge in [-0.05, 0) is 20.8 Å². The van der Waals surface area contributed by atoms with E-state index in [-0.39, 0.29) is 53.4 Å². The standard InChI is InChI=1S/C15H26N4O3S/c1-5-6-16-11(20)7-10-8-12(21)18-14(17-10)23-9-13(22)19-15(2,3)4/h5,10,14,17H,1,6-9H2,2-4H3,(H,16,20)(H,18,21)(H,19,22). The van der Waals surface area contributed by atoms with Crippen LogP contribution < -0.4 is 21.3 Å². The highest BCUT2D eigenvalue weighted by atomic mass is 32.2. The van der Waals surface area contributed by atoms with Gasteiger partial charge in [0.25, 0.3) is 0 Å². The maximum Gasteiger partial charge on any atom is 0.230 e. The van der Waals surface area contributed by atoms with E-state index in [2.05, 4.69) is 27.8 Å². The average molecular weight is 342 g/mol. The van der Waals surface area contributed by atoms with E-state index < -0.39 is 0 Å². The normalized spacial score (nSPS) is 21.3. The van der Waals surface area contributed by atoms with E-state index >= 15 is 0 Å². The van der Waals surface area contributed by atoms with Crippen LogP contribution in [-0.2, 0) is 14.4 Å². The van der Waals surface area contributed by atoms with Crippen molar-refractivity contribution in [2.45, 2.75) is 50.7 Å². The third-order valence-electron chi connectivity index (χ3n) is 2.88. The van der Waals surface area contributed by atoms with Crippen LogP contribution in [0.2, 0.25) is 0 Å². The van der Waals surface area contributed by atoms with Gasteiger partial charge in [-0.1, -0.05) is 6.08 Å². The number of thioether (sulfide) groups is 1. The summed E-state index contributed by atoms with van der Waals surface area (Å²) in [6, 6.07) is -0.239. The van der Waals surface area contributed by atoms with Gasteiger partial charge in [-0.25, -0.2) is 0 Å². The molecule has 0 radical (unpaired) electrons. The van der Waals surface area contributed by atoms with E-state index in [4.69, 9.17) is 0 Å². The van der Waals surface area contributed by atoms with Crippen molar-refractivity contribution < 1.29 is 14.4 Å². The summed E-state index contributed by atoms with van der Waals surface area (Å²) in [4.78, 5) is 35.3. The summed E-state index contributed by atoms with van der Waals surface area (Å²) in [5, 5.41) is 11.5. The summed E-state index contributed by atoms with van der Waals surface area (Å²) < 4.78 is 0. The van der Waals surface area contributed by atoms with Crippen LogP contribution in [0.25, 0.3) is 0 Å². The summed E-state index contributed by atoms with van der Waals surface area (Å²) in [6.07, 6.45) is 2.06. The van der Waals surface area contributed by atoms with Crippen LogP contribution >= 0.6 is 11.8 Å². The molecular weight excluding hydrogens is 316 g/mol. The van der Waals surface area contributed by atoms with E-state index in [1.54, 1.807) is 6.08 Å². The largest absolute Gasteiger partial charge is 0.353 e. The molecule has 1 heterocycles. The molecule has 2 atom stereocenters. The monoisotopic (exact) mass is 342 g/mol. The lowest BCUT2D eigenvalue weighted by Gasteiger charge is -2.31. The first-order chi connectivity index (χ1) is 10.7. The number of hydrogen-bond donors (Lipinski definition) is 4. The summed E-state index contributed by atoms with van der Waals surface area (Å²) in [5.41, 5.74) is -0.661. The molecule has 4 N–H and O–H groups in total. The smallest absolute Gasteiger partial charge is 0.230 e. The van der Waals surface area contributed by atoms with Gasteiger partial charge in [0.1, 0.15) is 5.50 Å². The number of hydrogen-bond acceptors (Lipinski definition) is 5. The number of rotatable bonds is 7. The summed E-state index contributed by atoms with van der Waals surface area (Å²) >= 11 is 1.30. The Kier molecular flexibility index (Phi) is 7.57. The summed E-state index contributed by atoms with van der Waals surface area (Å²) in [5.74, 6) is -0.125. The molecular formula is C15H26N4O3S. The van der Waals surface area contributed by atoms with Gasteiger partial charge in [-0.3, -0.25) is 19.7 Å². The SMILES string of the molecule is C=CCNC(=O)CC1CC(=O)NC(SCC(=O)NC(C)(C)C)N1. The molecule has 0 aromatic carbocycles. The van der Waals surface area contributed by atoms with Crippen LogP contribution in [0.15, 0.2) is 12.7 Å². The highest BCUT2D eigenvalue weighted by molar-refractivity contribution is 8.00. The zero-order chi connectivity index (χ0) is 17.5. The zero-order valence-electron chi connectivity index (χ0n) is 13.9. The summed E-state index contributed by atoms with van der Waals surface area (Å²) in [7, 11) is 0. The Balaban J connectivity index is 2.41. The first-order valence-corrected chi connectivity index (χ1v) is 8.60. The van der Waals surface area contributed by atoms with Crippen LogP contribution in [0.3, 0.4) is 0 Å². The molecule has 3 amide bonds. The van der Waals surface area contributed by atoms with Crippen molar-refractivity contribution in [2.75, 3.05) is 12.3 Å². The second-order valence-corrected chi connectivity index (χ2v) is 7.51. The van der Waals surface area contributed by atoms with Crippen LogP contribution in [-0.4, -0.2) is 47.1 Å². The molecule has 7 nitrogen and oxygen atoms in total. The number of carbonyl (C=O) groups is 3. The van der Waals surface area contributed by atoms with Crippen molar-refractivity contribution >= 4 is 29.5 Å². The molecule has 0 aliphatic carbocycles. The third kappa shape index (κ3) is 8.61. The van der Waals surface area contributed by atoms with E-state index in [1.807, 2.05) is 20.8 Å². The molecule has 23 heavy (non-hydrogen) atoms. The lowest BCUT2D eigenvalue weighted by Crippen LogP contribution is -2.56. The maximum atomic E-state index is 11.8. The molecule has 0 aromatic rings. The highest BCUT2D eigenvalue weighted by Gasteiger charge is 2.28. The first-order valence-electron chi connectivity index (χ1n) is 7.55. The zero-order valence-corrected chi connectivity index (χ0v) is 14.7. The molecule has 1 fully saturated rings. The van der Waals surface area contributed by atoms with Crippen LogP contribution in [0.5, 0.6) is 0 Å². The van der Waals surface area contributed by atoms with Crippen molar-refractivity contribution in [1.82, 2.24) is 21.3 Å². The second kappa shape index (κ2) is 8.93. The quantitative estimate of drug-likeness (QED) is 0.492. The minimum atomic E-state index is -0.376. The fraction of sp³-hybridized carbons (Fsp3) is 0.667. The van der Waals surface area contributed by atoms with Crippen molar-refractivity contribution in [2.24, 2.45) is 0 Å². The Morgan fingerprint density at radius 2 is 2.09 bits per heavy atom. The average Bonchev–Trinajstić information content (AvgIpc) is 2.40. The van der Waals surface area contributed by atoms with Gasteiger partial charge >= 0.3 is 0 Å². The van der Waals surface area contributed by atoms with Crippen LogP contribution in [0.4, 0.5) is 0 Å². The Hall–Kier alpha value is -1.54. The van der Waals surface area contributed by atoms with E-state index in [9.17, 15) is 14.4 Å². The molecule has 1 aliphatic rings. The molecule has 1 rings (SSSR count). The lowest BCUT2D eigenvalue weighted by molar-refractivity contribution is -0.125. The van der Waals surface area contributed by atoms with Gasteiger partial charge in [-0.2, -0.15) is 0 Å². The van der Waals surface area contributed by atoms with Crippen LogP contribution in [0, 0.1) is 0 Å². The van der Waals surface area contributed by atoms with Gasteiger partial charge < -0.3 is 16.0 Å². The summed E-state index contributed by atoms with van der Waals surface area (Å²) in [6.45, 7) is 9.67. The molecule has 0 bridgehead atoms. The van der Waals surface area contributed by atoms with Gasteiger partial charge in [0.05, 0.1) is 5.75 Å². The Bertz CT molecular complexity index is 462. The van der Waals surface area contributed by atoms with Gasteiger partial charge in [0.15, 0.2) is 0 Å². The molecule has 130 valence electrons. The fourth-order valence-electron chi connectivity index (χ4n) is 2.06. The maximum absolute atomic E-state index is 11.8. The van der Waals surface area contributed by atoms with Crippen LogP contribution in [0.1, 0.15) is 33.6 Å². The lowest BCUT2D eigenvalue weighted by atomic mass is 10.1. The number of nitrogens with one attached hydrogen (secondary N) is 4. The van der Waals surface area contributed by atoms with E-state index in [0.717, 1.165) is 0 Å². The molecule has 1 aliphatic heterocycles. The van der Waals surface area contributed by atoms with E-state index in [1.165, 1.54) is 11.8 Å². The molecule has 0 aromatic heterocycles. The van der Waals surface area contributed by atoms with E-state index in [0.29, 0.717) is 6.54 Å². The van der Waals surface area contributed by atoms with Crippen molar-refractivity contribution in [3.63, 3.8) is 0 Å². The Morgan fingerprint density at radius 1 is 1.39 bits per heavy atom. The Morgan fingerprint density at radius 3 is 2.70 bits per heavy atom. The van der Waals surface area contributed by atoms with Crippen molar-refractivity contribution in [3.8, 4) is 0 Å². The molecule has 0 spiro atoms. The molecule has 0 saturated carbocycles. The number of amides is 3. The minimum Gasteiger partial charge on any atom is -0.353 e. The van der Waals surface area contributed by atoms with Crippen molar-refractivity contribution in [1.29, 1.82) is 0 Å². The Labute approximate surface area is 141 Å². The minimum absolute atomic E-state index is 0.0931.